The van der Waals surface area contributed by atoms with Gasteiger partial charge in [-0.3, -0.25) is 0 Å². The maximum atomic E-state index is 2.93. The molecule has 0 heterocycles. The summed E-state index contributed by atoms with van der Waals surface area (Å²) < 4.78 is 0. The largest absolute Gasteiger partial charge is 0.0587 e. The van der Waals surface area contributed by atoms with Gasteiger partial charge >= 0.3 is 0 Å². The third-order valence-corrected chi connectivity index (χ3v) is 0.885. The van der Waals surface area contributed by atoms with Crippen molar-refractivity contribution in [3.05, 3.63) is 35.9 Å². The van der Waals surface area contributed by atoms with E-state index in [2.05, 4.69) is 13.0 Å². The average Bonchev–Trinajstić information content (AvgIpc) is 1.69. The van der Waals surface area contributed by atoms with Gasteiger partial charge in [-0.05, 0) is 13.0 Å². The van der Waals surface area contributed by atoms with Crippen molar-refractivity contribution in [2.45, 2.75) is 6.92 Å². The Morgan fingerprint density at radius 1 is 1.25 bits per heavy atom. The van der Waals surface area contributed by atoms with Gasteiger partial charge in [0.2, 0.25) is 0 Å². The Balaban J connectivity index is 0.000000490. The van der Waals surface area contributed by atoms with E-state index in [0.29, 0.717) is 0 Å². The van der Waals surface area contributed by atoms with E-state index in [1.807, 2.05) is 24.3 Å². The monoisotopic (exact) mass is 286 g/mol. The number of benzene rings is 1. The second-order valence-corrected chi connectivity index (χ2v) is 1.58. The van der Waals surface area contributed by atoms with Crippen LogP contribution in [0.4, 0.5) is 0 Å². The maximum absolute atomic E-state index is 2.93. The molecule has 0 unspecified atom stereocenters. The van der Waals surface area contributed by atoms with Crippen LogP contribution in [-0.2, 0) is 21.1 Å². The molecule has 0 aliphatic carbocycles. The summed E-state index contributed by atoms with van der Waals surface area (Å²) in [5.41, 5.74) is 1.29. The maximum Gasteiger partial charge on any atom is 0 e. The fourth-order valence-corrected chi connectivity index (χ4v) is 0.470. The zero-order valence-corrected chi connectivity index (χ0v) is 6.90. The Morgan fingerprint density at radius 3 is 2.00 bits per heavy atom. The summed E-state index contributed by atoms with van der Waals surface area (Å²) in [5.74, 6) is 0. The van der Waals surface area contributed by atoms with Crippen LogP contribution in [0.15, 0.2) is 24.3 Å². The molecule has 0 aliphatic heterocycles. The Bertz CT molecular complexity index is 134. The van der Waals surface area contributed by atoms with Gasteiger partial charge in [0.1, 0.15) is 0 Å². The van der Waals surface area contributed by atoms with Gasteiger partial charge in [0.25, 0.3) is 0 Å². The molecule has 0 spiro atoms. The van der Waals surface area contributed by atoms with Crippen LogP contribution in [0.3, 0.4) is 0 Å². The van der Waals surface area contributed by atoms with Gasteiger partial charge in [-0.25, -0.2) is 0 Å². The van der Waals surface area contributed by atoms with Crippen molar-refractivity contribution < 1.29 is 21.1 Å². The molecule has 1 aromatic carbocycles. The fourth-order valence-electron chi connectivity index (χ4n) is 0.470. The van der Waals surface area contributed by atoms with Crippen LogP contribution in [0.1, 0.15) is 5.56 Å². The first-order valence-corrected chi connectivity index (χ1v) is 2.32. The van der Waals surface area contributed by atoms with Crippen molar-refractivity contribution in [2.24, 2.45) is 0 Å². The van der Waals surface area contributed by atoms with Gasteiger partial charge in [-0.2, -0.15) is 0 Å². The number of hydrogen-bond donors (Lipinski definition) is 0. The molecule has 0 nitrogen and oxygen atoms in total. The molecule has 8 heavy (non-hydrogen) atoms. The molecular formula is C7H7Pt. The van der Waals surface area contributed by atoms with Gasteiger partial charge in [0, 0.05) is 21.1 Å². The molecule has 1 rings (SSSR count). The minimum Gasteiger partial charge on any atom is -0.0587 e. The molecule has 45 valence electrons. The van der Waals surface area contributed by atoms with Crippen molar-refractivity contribution in [1.29, 1.82) is 0 Å². The summed E-state index contributed by atoms with van der Waals surface area (Å²) in [6.45, 7) is 2.06. The summed E-state index contributed by atoms with van der Waals surface area (Å²) in [4.78, 5) is 0. The van der Waals surface area contributed by atoms with Gasteiger partial charge in [0.05, 0.1) is 0 Å². The predicted molar refractivity (Wildman–Crippen MR) is 30.0 cm³/mol. The summed E-state index contributed by atoms with van der Waals surface area (Å²) in [5, 5.41) is 0. The van der Waals surface area contributed by atoms with E-state index in [1.165, 1.54) is 5.56 Å². The van der Waals surface area contributed by atoms with Crippen LogP contribution in [0.2, 0.25) is 0 Å². The average molecular weight is 286 g/mol. The zero-order valence-electron chi connectivity index (χ0n) is 4.63. The van der Waals surface area contributed by atoms with Crippen molar-refractivity contribution in [1.82, 2.24) is 0 Å². The number of hydrogen-bond acceptors (Lipinski definition) is 0. The molecule has 1 heteroatoms. The zero-order chi connectivity index (χ0) is 5.11. The minimum absolute atomic E-state index is 0. The van der Waals surface area contributed by atoms with Crippen LogP contribution in [0.25, 0.3) is 0 Å². The summed E-state index contributed by atoms with van der Waals surface area (Å²) in [7, 11) is 0. The number of aryl methyl sites for hydroxylation is 1. The Hall–Kier alpha value is -0.0917. The Morgan fingerprint density at radius 2 is 1.75 bits per heavy atom. The molecular weight excluding hydrogens is 279 g/mol. The van der Waals surface area contributed by atoms with E-state index in [0.717, 1.165) is 0 Å². The Labute approximate surface area is 64.2 Å². The van der Waals surface area contributed by atoms with Crippen molar-refractivity contribution in [2.75, 3.05) is 0 Å². The first-order chi connectivity index (χ1) is 3.39. The summed E-state index contributed by atoms with van der Waals surface area (Å²) in [6.07, 6.45) is 0. The van der Waals surface area contributed by atoms with Crippen LogP contribution >= 0.6 is 0 Å². The second kappa shape index (κ2) is 3.86. The molecule has 0 N–H and O–H groups in total. The van der Waals surface area contributed by atoms with Gasteiger partial charge in [-0.15, -0.1) is 0 Å². The van der Waals surface area contributed by atoms with Crippen molar-refractivity contribution in [3.63, 3.8) is 0 Å². The number of rotatable bonds is 0. The molecule has 1 aromatic rings. The van der Waals surface area contributed by atoms with Crippen LogP contribution in [-0.4, -0.2) is 0 Å². The molecule has 0 saturated carbocycles. The third kappa shape index (κ3) is 2.28. The molecule has 0 saturated heterocycles. The summed E-state index contributed by atoms with van der Waals surface area (Å²) >= 11 is 0. The van der Waals surface area contributed by atoms with E-state index in [-0.39, 0.29) is 21.1 Å². The predicted octanol–water partition coefficient (Wildman–Crippen LogP) is 1.79. The summed E-state index contributed by atoms with van der Waals surface area (Å²) in [6, 6.07) is 10.8. The molecule has 0 fully saturated rings. The van der Waals surface area contributed by atoms with Crippen LogP contribution in [0, 0.1) is 13.0 Å². The van der Waals surface area contributed by atoms with E-state index in [9.17, 15) is 0 Å². The van der Waals surface area contributed by atoms with Crippen molar-refractivity contribution >= 4 is 0 Å². The molecule has 1 radical (unpaired) electrons. The molecule has 0 amide bonds. The van der Waals surface area contributed by atoms with Crippen LogP contribution < -0.4 is 0 Å². The smallest absolute Gasteiger partial charge is 0 e. The van der Waals surface area contributed by atoms with Gasteiger partial charge < -0.3 is 0 Å². The second-order valence-electron chi connectivity index (χ2n) is 1.58. The first kappa shape index (κ1) is 7.91. The molecule has 0 aliphatic rings. The molecule has 0 atom stereocenters. The molecule has 0 bridgehead atoms. The van der Waals surface area contributed by atoms with E-state index < -0.39 is 0 Å². The third-order valence-electron chi connectivity index (χ3n) is 0.885. The van der Waals surface area contributed by atoms with Crippen molar-refractivity contribution in [3.8, 4) is 0 Å². The van der Waals surface area contributed by atoms with E-state index in [1.54, 1.807) is 0 Å². The Kier molecular flexibility index (Phi) is 3.81. The van der Waals surface area contributed by atoms with Crippen LogP contribution in [0.5, 0.6) is 0 Å². The standard InChI is InChI=1S/C7H7.Pt/c1-7-5-3-2-4-6-7;/h3-6H,1H3;. The van der Waals surface area contributed by atoms with Gasteiger partial charge in [0.15, 0.2) is 0 Å². The fraction of sp³-hybridized carbons (Fsp3) is 0.143. The van der Waals surface area contributed by atoms with E-state index >= 15 is 0 Å². The topological polar surface area (TPSA) is 0 Å². The quantitative estimate of drug-likeness (QED) is 0.682. The first-order valence-electron chi connectivity index (χ1n) is 2.32. The van der Waals surface area contributed by atoms with Gasteiger partial charge in [-0.1, -0.05) is 29.8 Å². The SMILES string of the molecule is Cc1cc[c]cc1.[Pt]. The van der Waals surface area contributed by atoms with E-state index in [4.69, 9.17) is 0 Å². The molecule has 0 aromatic heterocycles. The minimum atomic E-state index is 0. The normalized spacial score (nSPS) is 7.62.